The van der Waals surface area contributed by atoms with Crippen molar-refractivity contribution in [2.75, 3.05) is 4.90 Å². The van der Waals surface area contributed by atoms with Crippen LogP contribution < -0.4 is 4.90 Å². The summed E-state index contributed by atoms with van der Waals surface area (Å²) in [5.74, 6) is 0. The fourth-order valence-corrected chi connectivity index (χ4v) is 8.62. The maximum absolute atomic E-state index is 9.54. The number of aromatic nitrogens is 1. The minimum atomic E-state index is -0.119. The molecule has 10 aromatic carbocycles. The summed E-state index contributed by atoms with van der Waals surface area (Å²) in [5, 5.41) is 4.68. The molecule has 282 valence electrons. The fraction of sp³-hybridized carbons (Fsp3) is 0. The molecular weight excluding hydrogens is 725 g/mol. The van der Waals surface area contributed by atoms with E-state index < -0.39 is 0 Å². The Kier molecular flexibility index (Phi) is 7.83. The SMILES string of the molecule is [2H]c1c([2H])c(N(c2ccc(-c3ccc(-c4cccc5ccccc45)cc3)cc2)c2cccc(-c3cccc4c3c3ccccc3n4-c3ccccc3)c2)c([2H])c([2H])c1-c1ccccc1. The summed E-state index contributed by atoms with van der Waals surface area (Å²) in [7, 11) is 0. The van der Waals surface area contributed by atoms with Crippen molar-refractivity contribution < 1.29 is 5.48 Å². The van der Waals surface area contributed by atoms with Crippen molar-refractivity contribution >= 4 is 49.6 Å². The van der Waals surface area contributed by atoms with Gasteiger partial charge in [0.15, 0.2) is 0 Å². The summed E-state index contributed by atoms with van der Waals surface area (Å²) in [6, 6.07) is 73.9. The average molecular weight is 769 g/mol. The normalized spacial score (nSPS) is 12.3. The lowest BCUT2D eigenvalue weighted by Gasteiger charge is -2.26. The van der Waals surface area contributed by atoms with E-state index in [1.54, 1.807) is 0 Å². The summed E-state index contributed by atoms with van der Waals surface area (Å²) in [4.78, 5) is 1.87. The van der Waals surface area contributed by atoms with Crippen molar-refractivity contribution in [1.82, 2.24) is 4.57 Å². The van der Waals surface area contributed by atoms with Gasteiger partial charge in [-0.2, -0.15) is 0 Å². The predicted molar refractivity (Wildman–Crippen MR) is 255 cm³/mol. The molecule has 0 aliphatic heterocycles. The summed E-state index contributed by atoms with van der Waals surface area (Å²) < 4.78 is 40.0. The molecule has 1 aromatic heterocycles. The van der Waals surface area contributed by atoms with Crippen LogP contribution in [0.3, 0.4) is 0 Å². The lowest BCUT2D eigenvalue weighted by Crippen LogP contribution is -2.10. The molecule has 0 spiro atoms. The third-order valence-electron chi connectivity index (χ3n) is 11.5. The molecule has 0 bridgehead atoms. The molecule has 0 saturated carbocycles. The molecule has 2 nitrogen and oxygen atoms in total. The Morgan fingerprint density at radius 3 is 1.67 bits per heavy atom. The van der Waals surface area contributed by atoms with Gasteiger partial charge in [0.05, 0.1) is 16.5 Å². The Morgan fingerprint density at radius 2 is 0.883 bits per heavy atom. The lowest BCUT2D eigenvalue weighted by molar-refractivity contribution is 1.18. The van der Waals surface area contributed by atoms with E-state index in [2.05, 4.69) is 162 Å². The Labute approximate surface area is 356 Å². The first kappa shape index (κ1) is 31.1. The van der Waals surface area contributed by atoms with Crippen LogP contribution in [0.4, 0.5) is 17.1 Å². The highest BCUT2D eigenvalue weighted by Crippen LogP contribution is 2.42. The zero-order valence-electron chi connectivity index (χ0n) is 36.7. The number of nitrogens with zero attached hydrogens (tertiary/aromatic N) is 2. The van der Waals surface area contributed by atoms with E-state index in [0.29, 0.717) is 16.9 Å². The van der Waals surface area contributed by atoms with Crippen LogP contribution in [-0.4, -0.2) is 4.57 Å². The second-order valence-corrected chi connectivity index (χ2v) is 15.0. The number of hydrogen-bond acceptors (Lipinski definition) is 1. The second-order valence-electron chi connectivity index (χ2n) is 15.0. The minimum Gasteiger partial charge on any atom is -0.310 e. The second kappa shape index (κ2) is 15.1. The van der Waals surface area contributed by atoms with E-state index in [4.69, 9.17) is 0 Å². The van der Waals surface area contributed by atoms with E-state index in [-0.39, 0.29) is 35.4 Å². The van der Waals surface area contributed by atoms with Gasteiger partial charge in [-0.05, 0) is 116 Å². The zero-order chi connectivity index (χ0) is 43.3. The van der Waals surface area contributed by atoms with Gasteiger partial charge >= 0.3 is 0 Å². The summed E-state index contributed by atoms with van der Waals surface area (Å²) in [6.07, 6.45) is 0. The van der Waals surface area contributed by atoms with Crippen LogP contribution in [0.5, 0.6) is 0 Å². The Morgan fingerprint density at radius 1 is 0.333 bits per heavy atom. The van der Waals surface area contributed by atoms with Crippen molar-refractivity contribution in [1.29, 1.82) is 0 Å². The highest BCUT2D eigenvalue weighted by atomic mass is 15.1. The zero-order valence-corrected chi connectivity index (χ0v) is 32.7. The number of fused-ring (bicyclic) bond motifs is 4. The molecule has 0 fully saturated rings. The van der Waals surface area contributed by atoms with Gasteiger partial charge in [-0.3, -0.25) is 0 Å². The summed E-state index contributed by atoms with van der Waals surface area (Å²) >= 11 is 0. The number of hydrogen-bond donors (Lipinski definition) is 0. The first-order valence-electron chi connectivity index (χ1n) is 22.3. The number of rotatable bonds is 8. The highest BCUT2D eigenvalue weighted by molar-refractivity contribution is 6.16. The van der Waals surface area contributed by atoms with E-state index in [0.717, 1.165) is 55.3 Å². The first-order chi connectivity index (χ1) is 31.4. The Bertz CT molecular complexity index is 3490. The van der Waals surface area contributed by atoms with Crippen molar-refractivity contribution in [3.05, 3.63) is 243 Å². The fourth-order valence-electron chi connectivity index (χ4n) is 8.62. The molecule has 0 saturated heterocycles. The van der Waals surface area contributed by atoms with Gasteiger partial charge < -0.3 is 9.47 Å². The highest BCUT2D eigenvalue weighted by Gasteiger charge is 2.18. The van der Waals surface area contributed by atoms with Crippen LogP contribution in [0.15, 0.2) is 243 Å². The Hall–Kier alpha value is -7.94. The monoisotopic (exact) mass is 768 g/mol. The van der Waals surface area contributed by atoms with Crippen LogP contribution in [0.1, 0.15) is 5.48 Å². The smallest absolute Gasteiger partial charge is 0.0645 e. The maximum Gasteiger partial charge on any atom is 0.0645 e. The molecule has 11 rings (SSSR count). The molecule has 0 unspecified atom stereocenters. The van der Waals surface area contributed by atoms with Crippen molar-refractivity contribution in [2.24, 2.45) is 0 Å². The van der Waals surface area contributed by atoms with Gasteiger partial charge in [-0.1, -0.05) is 182 Å². The molecule has 11 aromatic rings. The number of benzene rings is 10. The predicted octanol–water partition coefficient (Wildman–Crippen LogP) is 16.1. The van der Waals surface area contributed by atoms with Crippen LogP contribution in [0, 0.1) is 0 Å². The summed E-state index contributed by atoms with van der Waals surface area (Å²) in [5.41, 5.74) is 12.2. The molecule has 1 heterocycles. The van der Waals surface area contributed by atoms with Crippen LogP contribution in [0.25, 0.3) is 82.8 Å². The minimum absolute atomic E-state index is 0.0928. The van der Waals surface area contributed by atoms with Crippen molar-refractivity contribution in [3.8, 4) is 50.2 Å². The van der Waals surface area contributed by atoms with E-state index in [1.807, 2.05) is 65.6 Å². The topological polar surface area (TPSA) is 8.17 Å². The first-order valence-corrected chi connectivity index (χ1v) is 20.3. The Balaban J connectivity index is 1.05. The maximum atomic E-state index is 9.54. The largest absolute Gasteiger partial charge is 0.310 e. The molecule has 0 N–H and O–H groups in total. The van der Waals surface area contributed by atoms with Crippen LogP contribution in [0.2, 0.25) is 0 Å². The van der Waals surface area contributed by atoms with E-state index in [9.17, 15) is 5.48 Å². The van der Waals surface area contributed by atoms with Gasteiger partial charge in [-0.15, -0.1) is 0 Å². The van der Waals surface area contributed by atoms with Gasteiger partial charge in [0.1, 0.15) is 0 Å². The molecular formula is C58H40N2. The number of anilines is 3. The van der Waals surface area contributed by atoms with Crippen LogP contribution >= 0.6 is 0 Å². The third kappa shape index (κ3) is 6.32. The molecule has 60 heavy (non-hydrogen) atoms. The molecule has 0 amide bonds. The summed E-state index contributed by atoms with van der Waals surface area (Å²) in [6.45, 7) is 0. The third-order valence-corrected chi connectivity index (χ3v) is 11.5. The van der Waals surface area contributed by atoms with E-state index in [1.165, 1.54) is 16.3 Å². The molecule has 0 aliphatic carbocycles. The lowest BCUT2D eigenvalue weighted by atomic mass is 9.96. The average Bonchev–Trinajstić information content (AvgIpc) is 3.70. The quantitative estimate of drug-likeness (QED) is 0.149. The molecule has 0 aliphatic rings. The van der Waals surface area contributed by atoms with Gasteiger partial charge in [0.2, 0.25) is 0 Å². The van der Waals surface area contributed by atoms with E-state index >= 15 is 0 Å². The molecule has 0 radical (unpaired) electrons. The van der Waals surface area contributed by atoms with Gasteiger partial charge in [0, 0.05) is 33.5 Å². The van der Waals surface area contributed by atoms with Gasteiger partial charge in [0.25, 0.3) is 0 Å². The molecule has 0 atom stereocenters. The molecule has 2 heteroatoms. The number of para-hydroxylation sites is 2. The van der Waals surface area contributed by atoms with Crippen LogP contribution in [-0.2, 0) is 0 Å². The standard InChI is InChI=1S/C58H40N2/c1-3-14-41(15-4-1)43-32-36-49(37-33-43)59(50-38-34-44(35-39-50)42-28-30-46(31-29-42)53-24-12-17-45-16-7-8-22-52(45)53)51-21-11-18-47(40-51)54-25-13-27-57-58(54)55-23-9-10-26-56(55)60(57)48-19-5-2-6-20-48/h1-40H/i32D,33D,36D,37D. The van der Waals surface area contributed by atoms with Crippen molar-refractivity contribution in [2.45, 2.75) is 0 Å². The van der Waals surface area contributed by atoms with Crippen molar-refractivity contribution in [3.63, 3.8) is 0 Å². The van der Waals surface area contributed by atoms with Gasteiger partial charge in [-0.25, -0.2) is 0 Å².